The Hall–Kier alpha value is -1.71. The standard InChI is InChI=1S/C17H18FNO/c18-15-6-3-5-13(10-15)17-7-2-1-4-14(17)12-20-16-8-9-19-11-16/h1-7,10,16,19H,8-9,11-12H2. The molecule has 1 heterocycles. The van der Waals surface area contributed by atoms with E-state index < -0.39 is 0 Å². The molecule has 0 radical (unpaired) electrons. The summed E-state index contributed by atoms with van der Waals surface area (Å²) in [6, 6.07) is 14.7. The van der Waals surface area contributed by atoms with Crippen LogP contribution in [0.1, 0.15) is 12.0 Å². The van der Waals surface area contributed by atoms with Gasteiger partial charge in [0.2, 0.25) is 0 Å². The topological polar surface area (TPSA) is 21.3 Å². The molecule has 0 aliphatic carbocycles. The molecular formula is C17H18FNO. The van der Waals surface area contributed by atoms with Gasteiger partial charge in [0, 0.05) is 6.54 Å². The molecule has 1 unspecified atom stereocenters. The van der Waals surface area contributed by atoms with Crippen LogP contribution in [0, 0.1) is 5.82 Å². The first-order chi connectivity index (χ1) is 9.83. The zero-order chi connectivity index (χ0) is 13.8. The Morgan fingerprint density at radius 1 is 1.15 bits per heavy atom. The molecule has 3 heteroatoms. The van der Waals surface area contributed by atoms with Crippen LogP contribution in [0.3, 0.4) is 0 Å². The van der Waals surface area contributed by atoms with Crippen molar-refractivity contribution in [1.82, 2.24) is 5.32 Å². The quantitative estimate of drug-likeness (QED) is 0.920. The molecule has 2 aromatic carbocycles. The van der Waals surface area contributed by atoms with Crippen molar-refractivity contribution in [3.63, 3.8) is 0 Å². The normalized spacial score (nSPS) is 18.4. The molecule has 2 nitrogen and oxygen atoms in total. The fourth-order valence-corrected chi connectivity index (χ4v) is 2.56. The molecule has 1 saturated heterocycles. The largest absolute Gasteiger partial charge is 0.372 e. The van der Waals surface area contributed by atoms with Crippen LogP contribution in [-0.2, 0) is 11.3 Å². The van der Waals surface area contributed by atoms with Crippen LogP contribution in [0.15, 0.2) is 48.5 Å². The lowest BCUT2D eigenvalue weighted by Gasteiger charge is -2.14. The van der Waals surface area contributed by atoms with Crippen LogP contribution >= 0.6 is 0 Å². The maximum absolute atomic E-state index is 13.4. The maximum Gasteiger partial charge on any atom is 0.123 e. The molecule has 0 amide bonds. The van der Waals surface area contributed by atoms with Crippen molar-refractivity contribution in [2.75, 3.05) is 13.1 Å². The highest BCUT2D eigenvalue weighted by Gasteiger charge is 2.15. The molecule has 1 aliphatic rings. The van der Waals surface area contributed by atoms with Crippen molar-refractivity contribution in [2.45, 2.75) is 19.1 Å². The Bertz CT molecular complexity index is 579. The molecule has 0 spiro atoms. The molecule has 0 aromatic heterocycles. The molecule has 1 aliphatic heterocycles. The van der Waals surface area contributed by atoms with Gasteiger partial charge >= 0.3 is 0 Å². The average Bonchev–Trinajstić information content (AvgIpc) is 2.99. The SMILES string of the molecule is Fc1cccc(-c2ccccc2COC2CCNC2)c1. The lowest BCUT2D eigenvalue weighted by molar-refractivity contribution is 0.0545. The summed E-state index contributed by atoms with van der Waals surface area (Å²) in [5.41, 5.74) is 3.04. The van der Waals surface area contributed by atoms with Gasteiger partial charge in [-0.2, -0.15) is 0 Å². The minimum Gasteiger partial charge on any atom is -0.372 e. The van der Waals surface area contributed by atoms with Crippen LogP contribution in [0.4, 0.5) is 4.39 Å². The van der Waals surface area contributed by atoms with Crippen LogP contribution in [0.2, 0.25) is 0 Å². The van der Waals surface area contributed by atoms with Crippen LogP contribution in [-0.4, -0.2) is 19.2 Å². The van der Waals surface area contributed by atoms with E-state index in [0.29, 0.717) is 6.61 Å². The lowest BCUT2D eigenvalue weighted by Crippen LogP contribution is -2.16. The smallest absolute Gasteiger partial charge is 0.123 e. The highest BCUT2D eigenvalue weighted by molar-refractivity contribution is 5.67. The number of hydrogen-bond donors (Lipinski definition) is 1. The van der Waals surface area contributed by atoms with Gasteiger partial charge in [0.15, 0.2) is 0 Å². The number of rotatable bonds is 4. The van der Waals surface area contributed by atoms with E-state index in [1.807, 2.05) is 30.3 Å². The second-order valence-corrected chi connectivity index (χ2v) is 5.09. The van der Waals surface area contributed by atoms with E-state index >= 15 is 0 Å². The van der Waals surface area contributed by atoms with Crippen molar-refractivity contribution >= 4 is 0 Å². The Morgan fingerprint density at radius 2 is 2.05 bits per heavy atom. The first-order valence-electron chi connectivity index (χ1n) is 6.99. The fourth-order valence-electron chi connectivity index (χ4n) is 2.56. The zero-order valence-electron chi connectivity index (χ0n) is 11.3. The van der Waals surface area contributed by atoms with Gasteiger partial charge < -0.3 is 10.1 Å². The van der Waals surface area contributed by atoms with E-state index in [-0.39, 0.29) is 11.9 Å². The first-order valence-corrected chi connectivity index (χ1v) is 6.99. The van der Waals surface area contributed by atoms with Crippen molar-refractivity contribution < 1.29 is 9.13 Å². The van der Waals surface area contributed by atoms with E-state index in [1.165, 1.54) is 6.07 Å². The van der Waals surface area contributed by atoms with Gasteiger partial charge in [0.25, 0.3) is 0 Å². The number of benzene rings is 2. The minimum atomic E-state index is -0.210. The van der Waals surface area contributed by atoms with Crippen LogP contribution in [0.5, 0.6) is 0 Å². The Balaban J connectivity index is 1.80. The molecule has 1 N–H and O–H groups in total. The monoisotopic (exact) mass is 271 g/mol. The third kappa shape index (κ3) is 3.06. The molecule has 104 valence electrons. The maximum atomic E-state index is 13.4. The Kier molecular flexibility index (Phi) is 4.09. The molecular weight excluding hydrogens is 253 g/mol. The van der Waals surface area contributed by atoms with Crippen molar-refractivity contribution in [1.29, 1.82) is 0 Å². The summed E-state index contributed by atoms with van der Waals surface area (Å²) in [4.78, 5) is 0. The molecule has 2 aromatic rings. The van der Waals surface area contributed by atoms with Gasteiger partial charge in [-0.1, -0.05) is 36.4 Å². The molecule has 1 fully saturated rings. The predicted molar refractivity (Wildman–Crippen MR) is 77.9 cm³/mol. The van der Waals surface area contributed by atoms with Crippen molar-refractivity contribution in [2.24, 2.45) is 0 Å². The van der Waals surface area contributed by atoms with Gasteiger partial charge in [-0.25, -0.2) is 4.39 Å². The number of hydrogen-bond acceptors (Lipinski definition) is 2. The first kappa shape index (κ1) is 13.3. The summed E-state index contributed by atoms with van der Waals surface area (Å²) in [6.07, 6.45) is 1.35. The van der Waals surface area contributed by atoms with Gasteiger partial charge in [0.1, 0.15) is 5.82 Å². The highest BCUT2D eigenvalue weighted by Crippen LogP contribution is 2.25. The highest BCUT2D eigenvalue weighted by atomic mass is 19.1. The van der Waals surface area contributed by atoms with Gasteiger partial charge in [-0.3, -0.25) is 0 Å². The van der Waals surface area contributed by atoms with Crippen molar-refractivity contribution in [3.8, 4) is 11.1 Å². The number of halogens is 1. The average molecular weight is 271 g/mol. The zero-order valence-corrected chi connectivity index (χ0v) is 11.3. The van der Waals surface area contributed by atoms with E-state index in [4.69, 9.17) is 4.74 Å². The van der Waals surface area contributed by atoms with E-state index in [0.717, 1.165) is 36.2 Å². The summed E-state index contributed by atoms with van der Waals surface area (Å²) in [5.74, 6) is -0.210. The second kappa shape index (κ2) is 6.16. The molecule has 0 bridgehead atoms. The lowest BCUT2D eigenvalue weighted by atomic mass is 10.00. The Morgan fingerprint density at radius 3 is 2.85 bits per heavy atom. The molecule has 20 heavy (non-hydrogen) atoms. The summed E-state index contributed by atoms with van der Waals surface area (Å²) < 4.78 is 19.3. The predicted octanol–water partition coefficient (Wildman–Crippen LogP) is 3.37. The van der Waals surface area contributed by atoms with Crippen LogP contribution in [0.25, 0.3) is 11.1 Å². The van der Waals surface area contributed by atoms with Gasteiger partial charge in [-0.15, -0.1) is 0 Å². The van der Waals surface area contributed by atoms with E-state index in [2.05, 4.69) is 5.32 Å². The van der Waals surface area contributed by atoms with Gasteiger partial charge in [0.05, 0.1) is 12.7 Å². The molecule has 0 saturated carbocycles. The van der Waals surface area contributed by atoms with Crippen molar-refractivity contribution in [3.05, 3.63) is 59.9 Å². The summed E-state index contributed by atoms with van der Waals surface area (Å²) in [6.45, 7) is 2.51. The minimum absolute atomic E-state index is 0.210. The number of ether oxygens (including phenoxy) is 1. The summed E-state index contributed by atoms with van der Waals surface area (Å²) in [7, 11) is 0. The molecule has 1 atom stereocenters. The van der Waals surface area contributed by atoms with Crippen LogP contribution < -0.4 is 5.32 Å². The van der Waals surface area contributed by atoms with E-state index in [9.17, 15) is 4.39 Å². The van der Waals surface area contributed by atoms with E-state index in [1.54, 1.807) is 12.1 Å². The third-order valence-corrected chi connectivity index (χ3v) is 3.64. The Labute approximate surface area is 118 Å². The number of nitrogens with one attached hydrogen (secondary N) is 1. The molecule has 3 rings (SSSR count). The summed E-state index contributed by atoms with van der Waals surface area (Å²) >= 11 is 0. The van der Waals surface area contributed by atoms with Gasteiger partial charge in [-0.05, 0) is 41.8 Å². The summed E-state index contributed by atoms with van der Waals surface area (Å²) in [5, 5.41) is 3.29. The fraction of sp³-hybridized carbons (Fsp3) is 0.294. The second-order valence-electron chi connectivity index (χ2n) is 5.09. The third-order valence-electron chi connectivity index (χ3n) is 3.64.